The van der Waals surface area contributed by atoms with Crippen LogP contribution in [0.25, 0.3) is 0 Å². The van der Waals surface area contributed by atoms with Crippen LogP contribution >= 0.6 is 11.6 Å². The van der Waals surface area contributed by atoms with Gasteiger partial charge in [0.15, 0.2) is 5.38 Å². The molecule has 1 aromatic rings. The lowest BCUT2D eigenvalue weighted by Gasteiger charge is -2.18. The smallest absolute Gasteiger partial charge is 0.325 e. The highest BCUT2D eigenvalue weighted by Crippen LogP contribution is 2.43. The van der Waals surface area contributed by atoms with E-state index in [1.807, 2.05) is 0 Å². The van der Waals surface area contributed by atoms with Crippen LogP contribution in [-0.2, 0) is 10.2 Å². The number of anilines is 1. The third-order valence-corrected chi connectivity index (χ3v) is 3.61. The Hall–Kier alpha value is -1.23. The fourth-order valence-corrected chi connectivity index (χ4v) is 2.07. The van der Waals surface area contributed by atoms with Crippen LogP contribution in [-0.4, -0.2) is 12.1 Å². The standard InChI is InChI=1S/C12H11ClF3NO/c1-11(2)7-5-6(9(13)12(14,15)16)3-4-8(7)17-10(11)18/h3-5,9H,1-2H3,(H,17,18). The van der Waals surface area contributed by atoms with Crippen LogP contribution in [0.3, 0.4) is 0 Å². The molecule has 1 unspecified atom stereocenters. The van der Waals surface area contributed by atoms with Crippen LogP contribution in [0.15, 0.2) is 18.2 Å². The summed E-state index contributed by atoms with van der Waals surface area (Å²) < 4.78 is 37.6. The molecule has 1 amide bonds. The van der Waals surface area contributed by atoms with Crippen LogP contribution in [0.4, 0.5) is 18.9 Å². The van der Waals surface area contributed by atoms with Gasteiger partial charge in [-0.2, -0.15) is 13.2 Å². The number of rotatable bonds is 1. The summed E-state index contributed by atoms with van der Waals surface area (Å²) in [6.45, 7) is 3.32. The number of nitrogens with one attached hydrogen (secondary N) is 1. The van der Waals surface area contributed by atoms with Gasteiger partial charge in [0.1, 0.15) is 0 Å². The lowest BCUT2D eigenvalue weighted by molar-refractivity contribution is -0.131. The first-order valence-corrected chi connectivity index (χ1v) is 5.74. The summed E-state index contributed by atoms with van der Waals surface area (Å²) in [5, 5.41) is 0.568. The predicted octanol–water partition coefficient (Wildman–Crippen LogP) is 3.76. The van der Waals surface area contributed by atoms with Crippen LogP contribution in [0, 0.1) is 0 Å². The van der Waals surface area contributed by atoms with Crippen molar-refractivity contribution in [3.63, 3.8) is 0 Å². The van der Waals surface area contributed by atoms with Gasteiger partial charge in [0.05, 0.1) is 5.41 Å². The Balaban J connectivity index is 2.47. The topological polar surface area (TPSA) is 29.1 Å². The summed E-state index contributed by atoms with van der Waals surface area (Å²) in [7, 11) is 0. The Kier molecular flexibility index (Phi) is 2.85. The molecule has 2 nitrogen and oxygen atoms in total. The Bertz CT molecular complexity index is 511. The molecule has 0 spiro atoms. The average Bonchev–Trinajstić information content (AvgIpc) is 2.48. The Morgan fingerprint density at radius 1 is 1.33 bits per heavy atom. The first kappa shape index (κ1) is 13.2. The number of carbonyl (C=O) groups excluding carboxylic acids is 1. The number of carbonyl (C=O) groups is 1. The summed E-state index contributed by atoms with van der Waals surface area (Å²) in [5.74, 6) is -0.229. The Morgan fingerprint density at radius 3 is 2.50 bits per heavy atom. The molecular weight excluding hydrogens is 267 g/mol. The molecule has 18 heavy (non-hydrogen) atoms. The summed E-state index contributed by atoms with van der Waals surface area (Å²) in [5.41, 5.74) is 0.195. The van der Waals surface area contributed by atoms with Crippen LogP contribution in [0.5, 0.6) is 0 Å². The van der Waals surface area contributed by atoms with Crippen LogP contribution in [0.1, 0.15) is 30.4 Å². The molecule has 0 saturated carbocycles. The third-order valence-electron chi connectivity index (χ3n) is 3.11. The van der Waals surface area contributed by atoms with Gasteiger partial charge in [-0.25, -0.2) is 0 Å². The van der Waals surface area contributed by atoms with Gasteiger partial charge in [-0.05, 0) is 31.0 Å². The zero-order valence-corrected chi connectivity index (χ0v) is 10.5. The van der Waals surface area contributed by atoms with Crippen molar-refractivity contribution in [3.8, 4) is 0 Å². The maximum Gasteiger partial charge on any atom is 0.408 e. The van der Waals surface area contributed by atoms with Gasteiger partial charge in [0.2, 0.25) is 5.91 Å². The molecule has 0 bridgehead atoms. The van der Waals surface area contributed by atoms with Crippen LogP contribution in [0.2, 0.25) is 0 Å². The van der Waals surface area contributed by atoms with Gasteiger partial charge in [-0.1, -0.05) is 12.1 Å². The fourth-order valence-electron chi connectivity index (χ4n) is 1.94. The van der Waals surface area contributed by atoms with E-state index in [2.05, 4.69) is 5.32 Å². The number of halogens is 4. The van der Waals surface area contributed by atoms with Gasteiger partial charge in [0, 0.05) is 5.69 Å². The van der Waals surface area contributed by atoms with E-state index in [1.54, 1.807) is 13.8 Å². The van der Waals surface area contributed by atoms with E-state index in [4.69, 9.17) is 11.6 Å². The van der Waals surface area contributed by atoms with Crippen molar-refractivity contribution in [1.82, 2.24) is 0 Å². The molecule has 6 heteroatoms. The molecule has 1 aromatic carbocycles. The second kappa shape index (κ2) is 3.88. The quantitative estimate of drug-likeness (QED) is 0.778. The largest absolute Gasteiger partial charge is 0.408 e. The molecule has 1 aliphatic heterocycles. The van der Waals surface area contributed by atoms with E-state index in [1.165, 1.54) is 18.2 Å². The molecule has 1 heterocycles. The summed E-state index contributed by atoms with van der Waals surface area (Å²) in [4.78, 5) is 11.7. The number of fused-ring (bicyclic) bond motifs is 1. The van der Waals surface area contributed by atoms with E-state index in [0.29, 0.717) is 11.3 Å². The third kappa shape index (κ3) is 1.96. The molecule has 0 aliphatic carbocycles. The first-order valence-electron chi connectivity index (χ1n) is 5.30. The second-order valence-corrected chi connectivity index (χ2v) is 5.22. The summed E-state index contributed by atoms with van der Waals surface area (Å²) >= 11 is 5.38. The molecule has 0 saturated heterocycles. The van der Waals surface area contributed by atoms with E-state index >= 15 is 0 Å². The molecule has 2 rings (SSSR count). The van der Waals surface area contributed by atoms with E-state index < -0.39 is 17.0 Å². The average molecular weight is 278 g/mol. The van der Waals surface area contributed by atoms with Crippen molar-refractivity contribution in [2.75, 3.05) is 5.32 Å². The number of benzene rings is 1. The molecular formula is C12H11ClF3NO. The Morgan fingerprint density at radius 2 is 1.94 bits per heavy atom. The number of hydrogen-bond acceptors (Lipinski definition) is 1. The molecule has 0 aromatic heterocycles. The second-order valence-electron chi connectivity index (χ2n) is 4.79. The number of alkyl halides is 4. The molecule has 0 fully saturated rings. The highest BCUT2D eigenvalue weighted by molar-refractivity contribution is 6.21. The maximum absolute atomic E-state index is 12.5. The van der Waals surface area contributed by atoms with Gasteiger partial charge in [0.25, 0.3) is 0 Å². The van der Waals surface area contributed by atoms with Crippen LogP contribution < -0.4 is 5.32 Å². The fraction of sp³-hybridized carbons (Fsp3) is 0.417. The van der Waals surface area contributed by atoms with Gasteiger partial charge in [-0.15, -0.1) is 11.6 Å². The van der Waals surface area contributed by atoms with E-state index in [9.17, 15) is 18.0 Å². The number of amides is 1. The van der Waals surface area contributed by atoms with Crippen molar-refractivity contribution < 1.29 is 18.0 Å². The predicted molar refractivity (Wildman–Crippen MR) is 62.7 cm³/mol. The summed E-state index contributed by atoms with van der Waals surface area (Å²) in [6.07, 6.45) is -4.50. The highest BCUT2D eigenvalue weighted by Gasteiger charge is 2.42. The van der Waals surface area contributed by atoms with Crippen molar-refractivity contribution in [1.29, 1.82) is 0 Å². The first-order chi connectivity index (χ1) is 8.14. The highest BCUT2D eigenvalue weighted by atomic mass is 35.5. The van der Waals surface area contributed by atoms with E-state index in [0.717, 1.165) is 0 Å². The monoisotopic (exact) mass is 277 g/mol. The molecule has 1 aliphatic rings. The van der Waals surface area contributed by atoms with E-state index in [-0.39, 0.29) is 11.5 Å². The molecule has 98 valence electrons. The van der Waals surface area contributed by atoms with Gasteiger partial charge >= 0.3 is 6.18 Å². The summed E-state index contributed by atoms with van der Waals surface area (Å²) in [6, 6.07) is 4.09. The minimum absolute atomic E-state index is 0.0486. The van der Waals surface area contributed by atoms with Crippen molar-refractivity contribution in [3.05, 3.63) is 29.3 Å². The van der Waals surface area contributed by atoms with Gasteiger partial charge < -0.3 is 5.32 Å². The van der Waals surface area contributed by atoms with Crippen molar-refractivity contribution in [2.45, 2.75) is 30.8 Å². The molecule has 1 atom stereocenters. The number of hydrogen-bond donors (Lipinski definition) is 1. The molecule has 1 N–H and O–H groups in total. The molecule has 0 radical (unpaired) electrons. The zero-order valence-electron chi connectivity index (χ0n) is 9.73. The lowest BCUT2D eigenvalue weighted by atomic mass is 9.85. The lowest BCUT2D eigenvalue weighted by Crippen LogP contribution is -2.27. The van der Waals surface area contributed by atoms with Crippen molar-refractivity contribution in [2.24, 2.45) is 0 Å². The Labute approximate surface area is 107 Å². The normalized spacial score (nSPS) is 19.3. The maximum atomic E-state index is 12.5. The zero-order chi connectivity index (χ0) is 13.7. The SMILES string of the molecule is CC1(C)C(=O)Nc2ccc(C(Cl)C(F)(F)F)cc21. The minimum atomic E-state index is -4.50. The van der Waals surface area contributed by atoms with Gasteiger partial charge in [-0.3, -0.25) is 4.79 Å². The minimum Gasteiger partial charge on any atom is -0.325 e. The van der Waals surface area contributed by atoms with Crippen molar-refractivity contribution >= 4 is 23.2 Å².